The first-order chi connectivity index (χ1) is 9.22. The normalized spacial score (nSPS) is 11.3. The largest absolute Gasteiger partial charge is 0.493 e. The van der Waals surface area contributed by atoms with Crippen LogP contribution in [-0.4, -0.2) is 17.7 Å². The number of benzene rings is 1. The van der Waals surface area contributed by atoms with Crippen LogP contribution in [0.4, 0.5) is 0 Å². The Morgan fingerprint density at radius 3 is 2.74 bits per heavy atom. The van der Waals surface area contributed by atoms with Gasteiger partial charge in [-0.05, 0) is 30.5 Å². The maximum Gasteiger partial charge on any atom is 0.337 e. The Labute approximate surface area is 115 Å². The molecule has 0 amide bonds. The van der Waals surface area contributed by atoms with Gasteiger partial charge >= 0.3 is 5.97 Å². The smallest absolute Gasteiger partial charge is 0.337 e. The van der Waals surface area contributed by atoms with Crippen LogP contribution in [0.5, 0.6) is 5.75 Å². The third kappa shape index (κ3) is 3.23. The fourth-order valence-electron chi connectivity index (χ4n) is 1.71. The molecule has 4 heteroatoms. The van der Waals surface area contributed by atoms with Crippen molar-refractivity contribution in [2.75, 3.05) is 6.61 Å². The van der Waals surface area contributed by atoms with Gasteiger partial charge in [-0.25, -0.2) is 4.79 Å². The molecule has 3 nitrogen and oxygen atoms in total. The zero-order chi connectivity index (χ0) is 13.7. The molecule has 0 radical (unpaired) electrons. The van der Waals surface area contributed by atoms with Gasteiger partial charge in [0.1, 0.15) is 5.75 Å². The van der Waals surface area contributed by atoms with E-state index < -0.39 is 5.97 Å². The van der Waals surface area contributed by atoms with Crippen molar-refractivity contribution in [2.45, 2.75) is 6.92 Å². The van der Waals surface area contributed by atoms with E-state index in [0.717, 1.165) is 10.4 Å². The molecule has 1 aromatic carbocycles. The van der Waals surface area contributed by atoms with E-state index in [2.05, 4.69) is 0 Å². The van der Waals surface area contributed by atoms with Gasteiger partial charge in [-0.2, -0.15) is 0 Å². The quantitative estimate of drug-likeness (QED) is 0.844. The number of aliphatic carboxylic acids is 1. The highest BCUT2D eigenvalue weighted by Crippen LogP contribution is 2.27. The van der Waals surface area contributed by atoms with E-state index in [0.29, 0.717) is 12.4 Å². The van der Waals surface area contributed by atoms with E-state index >= 15 is 0 Å². The van der Waals surface area contributed by atoms with Crippen LogP contribution in [0.3, 0.4) is 0 Å². The van der Waals surface area contributed by atoms with Crippen molar-refractivity contribution in [1.29, 1.82) is 0 Å². The molecule has 1 aromatic heterocycles. The Balaban J connectivity index is 2.45. The van der Waals surface area contributed by atoms with E-state index in [9.17, 15) is 9.90 Å². The molecule has 0 aliphatic carbocycles. The Hall–Kier alpha value is -2.07. The van der Waals surface area contributed by atoms with Gasteiger partial charge in [0.25, 0.3) is 0 Å². The van der Waals surface area contributed by atoms with Gasteiger partial charge in [0.2, 0.25) is 0 Å². The van der Waals surface area contributed by atoms with E-state index in [4.69, 9.17) is 4.74 Å². The van der Waals surface area contributed by atoms with Gasteiger partial charge in [-0.1, -0.05) is 24.3 Å². The summed E-state index contributed by atoms with van der Waals surface area (Å²) < 4.78 is 5.50. The molecule has 1 N–H and O–H groups in total. The third-order valence-electron chi connectivity index (χ3n) is 2.54. The average Bonchev–Trinajstić information content (AvgIpc) is 2.91. The number of para-hydroxylation sites is 1. The minimum atomic E-state index is -0.936. The number of carboxylic acids is 1. The molecule has 0 aliphatic heterocycles. The third-order valence-corrected chi connectivity index (χ3v) is 3.44. The summed E-state index contributed by atoms with van der Waals surface area (Å²) in [6, 6.07) is 11.1. The lowest BCUT2D eigenvalue weighted by molar-refractivity contribution is -0.130. The zero-order valence-electron chi connectivity index (χ0n) is 10.5. The molecule has 0 aliphatic rings. The number of carboxylic acid groups (broad SMARTS) is 1. The molecular formula is C15H14O3S. The van der Waals surface area contributed by atoms with Gasteiger partial charge in [0.05, 0.1) is 12.2 Å². The molecule has 0 saturated carbocycles. The van der Waals surface area contributed by atoms with E-state index in [1.165, 1.54) is 11.3 Å². The Kier molecular flexibility index (Phi) is 4.36. The number of ether oxygens (including phenoxy) is 1. The molecule has 0 spiro atoms. The Morgan fingerprint density at radius 1 is 1.32 bits per heavy atom. The minimum absolute atomic E-state index is 0.280. The van der Waals surface area contributed by atoms with E-state index in [1.807, 2.05) is 42.6 Å². The summed E-state index contributed by atoms with van der Waals surface area (Å²) in [5.41, 5.74) is 1.05. The summed E-state index contributed by atoms with van der Waals surface area (Å²) in [4.78, 5) is 12.1. The topological polar surface area (TPSA) is 46.5 Å². The molecule has 0 atom stereocenters. The monoisotopic (exact) mass is 274 g/mol. The molecule has 98 valence electrons. The molecule has 2 rings (SSSR count). The number of hydrogen-bond donors (Lipinski definition) is 1. The molecule has 19 heavy (non-hydrogen) atoms. The number of rotatable bonds is 5. The van der Waals surface area contributed by atoms with Crippen molar-refractivity contribution >= 4 is 29.0 Å². The van der Waals surface area contributed by atoms with Crippen molar-refractivity contribution in [3.8, 4) is 5.75 Å². The van der Waals surface area contributed by atoms with Gasteiger partial charge in [0, 0.05) is 10.4 Å². The van der Waals surface area contributed by atoms with Gasteiger partial charge in [0.15, 0.2) is 0 Å². The van der Waals surface area contributed by atoms with Gasteiger partial charge < -0.3 is 9.84 Å². The summed E-state index contributed by atoms with van der Waals surface area (Å²) in [5.74, 6) is -0.242. The SMILES string of the molecule is CCOc1ccccc1/C=C(\C(=O)O)c1cccs1. The second-order valence-corrected chi connectivity index (χ2v) is 4.76. The molecular weight excluding hydrogens is 260 g/mol. The molecule has 0 unspecified atom stereocenters. The maximum absolute atomic E-state index is 11.4. The second kappa shape index (κ2) is 6.20. The highest BCUT2D eigenvalue weighted by atomic mass is 32.1. The first-order valence-electron chi connectivity index (χ1n) is 5.93. The lowest BCUT2D eigenvalue weighted by Gasteiger charge is -2.07. The van der Waals surface area contributed by atoms with Crippen LogP contribution in [0.25, 0.3) is 11.6 Å². The fourth-order valence-corrected chi connectivity index (χ4v) is 2.45. The predicted octanol–water partition coefficient (Wildman–Crippen LogP) is 3.77. The van der Waals surface area contributed by atoms with Gasteiger partial charge in [-0.3, -0.25) is 0 Å². The first kappa shape index (κ1) is 13.4. The average molecular weight is 274 g/mol. The summed E-state index contributed by atoms with van der Waals surface area (Å²) >= 11 is 1.41. The highest BCUT2D eigenvalue weighted by molar-refractivity contribution is 7.11. The van der Waals surface area contributed by atoms with E-state index in [-0.39, 0.29) is 5.57 Å². The van der Waals surface area contributed by atoms with Crippen LogP contribution in [0, 0.1) is 0 Å². The van der Waals surface area contributed by atoms with Crippen LogP contribution in [-0.2, 0) is 4.79 Å². The summed E-state index contributed by atoms with van der Waals surface area (Å²) in [6.07, 6.45) is 1.65. The molecule has 0 fully saturated rings. The molecule has 2 aromatic rings. The number of thiophene rings is 1. The number of hydrogen-bond acceptors (Lipinski definition) is 3. The van der Waals surface area contributed by atoms with Crippen LogP contribution >= 0.6 is 11.3 Å². The Morgan fingerprint density at radius 2 is 2.11 bits per heavy atom. The van der Waals surface area contributed by atoms with Gasteiger partial charge in [-0.15, -0.1) is 11.3 Å². The molecule has 0 saturated heterocycles. The lowest BCUT2D eigenvalue weighted by atomic mass is 10.1. The second-order valence-electron chi connectivity index (χ2n) is 3.81. The highest BCUT2D eigenvalue weighted by Gasteiger charge is 2.12. The zero-order valence-corrected chi connectivity index (χ0v) is 11.3. The van der Waals surface area contributed by atoms with Crippen LogP contribution < -0.4 is 4.74 Å². The first-order valence-corrected chi connectivity index (χ1v) is 6.81. The fraction of sp³-hybridized carbons (Fsp3) is 0.133. The van der Waals surface area contributed by atoms with Crippen LogP contribution in [0.2, 0.25) is 0 Å². The lowest BCUT2D eigenvalue weighted by Crippen LogP contribution is -1.99. The van der Waals surface area contributed by atoms with Crippen LogP contribution in [0.15, 0.2) is 41.8 Å². The van der Waals surface area contributed by atoms with Crippen molar-refractivity contribution in [3.05, 3.63) is 52.2 Å². The summed E-state index contributed by atoms with van der Waals surface area (Å²) in [6.45, 7) is 2.45. The van der Waals surface area contributed by atoms with Crippen molar-refractivity contribution in [1.82, 2.24) is 0 Å². The standard InChI is InChI=1S/C15H14O3S/c1-2-18-13-7-4-3-6-11(13)10-12(15(16)17)14-8-5-9-19-14/h3-10H,2H2,1H3,(H,16,17)/b12-10-. The van der Waals surface area contributed by atoms with Crippen LogP contribution in [0.1, 0.15) is 17.4 Å². The van der Waals surface area contributed by atoms with E-state index in [1.54, 1.807) is 12.1 Å². The summed E-state index contributed by atoms with van der Waals surface area (Å²) in [5, 5.41) is 11.2. The van der Waals surface area contributed by atoms with Crippen molar-refractivity contribution in [3.63, 3.8) is 0 Å². The molecule has 0 bridgehead atoms. The minimum Gasteiger partial charge on any atom is -0.493 e. The number of carbonyl (C=O) groups is 1. The van der Waals surface area contributed by atoms with Crippen molar-refractivity contribution in [2.24, 2.45) is 0 Å². The summed E-state index contributed by atoms with van der Waals surface area (Å²) in [7, 11) is 0. The van der Waals surface area contributed by atoms with Crippen molar-refractivity contribution < 1.29 is 14.6 Å². The Bertz CT molecular complexity index is 585. The molecule has 1 heterocycles. The predicted molar refractivity (Wildman–Crippen MR) is 77.4 cm³/mol. The maximum atomic E-state index is 11.4.